The molecule has 15 heavy (non-hydrogen) atoms. The van der Waals surface area contributed by atoms with Gasteiger partial charge in [0.1, 0.15) is 11.6 Å². The molecule has 0 radical (unpaired) electrons. The fraction of sp³-hybridized carbons (Fsp3) is 0.300. The standard InChI is InChI=1S/C10H12FNO3/c1-6-2-3-7(11)4-8(6)15-9(5-12)10(13)14/h2-4,9H,5,12H2,1H3,(H,13,14). The number of ether oxygens (including phenoxy) is 1. The SMILES string of the molecule is Cc1ccc(F)cc1OC(CN)C(=O)O. The molecule has 5 heteroatoms. The average Bonchev–Trinajstić information content (AvgIpc) is 2.18. The summed E-state index contributed by atoms with van der Waals surface area (Å²) in [5.41, 5.74) is 5.87. The van der Waals surface area contributed by atoms with E-state index in [1.807, 2.05) is 0 Å². The van der Waals surface area contributed by atoms with Crippen molar-refractivity contribution in [1.82, 2.24) is 0 Å². The molecule has 1 rings (SSSR count). The molecule has 0 aliphatic carbocycles. The smallest absolute Gasteiger partial charge is 0.346 e. The number of benzene rings is 1. The third kappa shape index (κ3) is 2.92. The molecule has 3 N–H and O–H groups in total. The predicted molar refractivity (Wildman–Crippen MR) is 52.2 cm³/mol. The van der Waals surface area contributed by atoms with Crippen molar-refractivity contribution in [3.63, 3.8) is 0 Å². The van der Waals surface area contributed by atoms with E-state index >= 15 is 0 Å². The number of carboxylic acids is 1. The minimum atomic E-state index is -1.17. The Labute approximate surface area is 86.5 Å². The molecular formula is C10H12FNO3. The van der Waals surface area contributed by atoms with Crippen LogP contribution in [0, 0.1) is 12.7 Å². The summed E-state index contributed by atoms with van der Waals surface area (Å²) < 4.78 is 17.9. The van der Waals surface area contributed by atoms with Gasteiger partial charge in [0.15, 0.2) is 0 Å². The van der Waals surface area contributed by atoms with Crippen molar-refractivity contribution >= 4 is 5.97 Å². The van der Waals surface area contributed by atoms with Gasteiger partial charge >= 0.3 is 5.97 Å². The molecule has 0 amide bonds. The zero-order valence-electron chi connectivity index (χ0n) is 8.24. The Morgan fingerprint density at radius 1 is 1.67 bits per heavy atom. The van der Waals surface area contributed by atoms with Crippen molar-refractivity contribution < 1.29 is 19.0 Å². The lowest BCUT2D eigenvalue weighted by molar-refractivity contribution is -0.144. The number of rotatable bonds is 4. The summed E-state index contributed by atoms with van der Waals surface area (Å²) in [6, 6.07) is 3.93. The quantitative estimate of drug-likeness (QED) is 0.780. The van der Waals surface area contributed by atoms with E-state index in [1.165, 1.54) is 12.1 Å². The number of hydrogen-bond acceptors (Lipinski definition) is 3. The lowest BCUT2D eigenvalue weighted by atomic mass is 10.2. The van der Waals surface area contributed by atoms with Gasteiger partial charge in [0, 0.05) is 12.6 Å². The fourth-order valence-electron chi connectivity index (χ4n) is 1.05. The lowest BCUT2D eigenvalue weighted by Gasteiger charge is -2.14. The average molecular weight is 213 g/mol. The number of carbonyl (C=O) groups is 1. The van der Waals surface area contributed by atoms with Gasteiger partial charge in [0.25, 0.3) is 0 Å². The van der Waals surface area contributed by atoms with Crippen LogP contribution >= 0.6 is 0 Å². The molecule has 4 nitrogen and oxygen atoms in total. The van der Waals surface area contributed by atoms with Crippen molar-refractivity contribution in [3.05, 3.63) is 29.6 Å². The minimum absolute atomic E-state index is 0.161. The van der Waals surface area contributed by atoms with Gasteiger partial charge in [-0.3, -0.25) is 0 Å². The molecule has 0 fully saturated rings. The molecule has 0 saturated heterocycles. The summed E-state index contributed by atoms with van der Waals surface area (Å²) in [4.78, 5) is 10.6. The van der Waals surface area contributed by atoms with E-state index in [9.17, 15) is 9.18 Å². The maximum absolute atomic E-state index is 12.8. The van der Waals surface area contributed by atoms with Gasteiger partial charge in [-0.25, -0.2) is 9.18 Å². The second-order valence-corrected chi connectivity index (χ2v) is 3.09. The Morgan fingerprint density at radius 2 is 2.33 bits per heavy atom. The van der Waals surface area contributed by atoms with Crippen LogP contribution in [0.15, 0.2) is 18.2 Å². The fourth-order valence-corrected chi connectivity index (χ4v) is 1.05. The monoisotopic (exact) mass is 213 g/mol. The molecule has 0 aliphatic rings. The third-order valence-electron chi connectivity index (χ3n) is 1.91. The lowest BCUT2D eigenvalue weighted by Crippen LogP contribution is -2.34. The van der Waals surface area contributed by atoms with Crippen LogP contribution in [0.1, 0.15) is 5.56 Å². The van der Waals surface area contributed by atoms with Gasteiger partial charge in [0.2, 0.25) is 6.10 Å². The predicted octanol–water partition coefficient (Wildman–Crippen LogP) is 0.925. The van der Waals surface area contributed by atoms with Gasteiger partial charge in [-0.15, -0.1) is 0 Å². The number of carboxylic acid groups (broad SMARTS) is 1. The van der Waals surface area contributed by atoms with Crippen LogP contribution in [0.25, 0.3) is 0 Å². The first kappa shape index (κ1) is 11.5. The maximum atomic E-state index is 12.8. The molecule has 0 aliphatic heterocycles. The molecule has 82 valence electrons. The normalized spacial score (nSPS) is 12.2. The number of halogens is 1. The highest BCUT2D eigenvalue weighted by atomic mass is 19.1. The van der Waals surface area contributed by atoms with E-state index in [-0.39, 0.29) is 12.3 Å². The third-order valence-corrected chi connectivity index (χ3v) is 1.91. The number of nitrogens with two attached hydrogens (primary N) is 1. The highest BCUT2D eigenvalue weighted by molar-refractivity contribution is 5.73. The number of aryl methyl sites for hydroxylation is 1. The molecule has 1 unspecified atom stereocenters. The van der Waals surface area contributed by atoms with E-state index < -0.39 is 17.9 Å². The Bertz CT molecular complexity index is 368. The molecule has 0 saturated carbocycles. The van der Waals surface area contributed by atoms with Crippen LogP contribution in [0.4, 0.5) is 4.39 Å². The minimum Gasteiger partial charge on any atom is -0.478 e. The first-order valence-electron chi connectivity index (χ1n) is 4.40. The summed E-state index contributed by atoms with van der Waals surface area (Å²) in [6.07, 6.45) is -1.15. The Kier molecular flexibility index (Phi) is 3.62. The molecule has 1 aromatic rings. The van der Waals surface area contributed by atoms with E-state index in [0.717, 1.165) is 6.07 Å². The van der Waals surface area contributed by atoms with E-state index in [2.05, 4.69) is 0 Å². The van der Waals surface area contributed by atoms with Crippen LogP contribution in [-0.2, 0) is 4.79 Å². The van der Waals surface area contributed by atoms with Crippen LogP contribution in [0.5, 0.6) is 5.75 Å². The zero-order valence-corrected chi connectivity index (χ0v) is 8.24. The van der Waals surface area contributed by atoms with Crippen LogP contribution in [0.3, 0.4) is 0 Å². The summed E-state index contributed by atoms with van der Waals surface area (Å²) >= 11 is 0. The summed E-state index contributed by atoms with van der Waals surface area (Å²) in [7, 11) is 0. The molecule has 0 aromatic heterocycles. The second kappa shape index (κ2) is 4.75. The Morgan fingerprint density at radius 3 is 2.87 bits per heavy atom. The first-order valence-corrected chi connectivity index (χ1v) is 4.40. The zero-order chi connectivity index (χ0) is 11.4. The van der Waals surface area contributed by atoms with Crippen LogP contribution < -0.4 is 10.5 Å². The molecule has 0 bridgehead atoms. The summed E-state index contributed by atoms with van der Waals surface area (Å²) in [6.45, 7) is 1.54. The van der Waals surface area contributed by atoms with E-state index in [1.54, 1.807) is 6.92 Å². The molecule has 1 atom stereocenters. The van der Waals surface area contributed by atoms with Crippen molar-refractivity contribution in [2.75, 3.05) is 6.54 Å². The van der Waals surface area contributed by atoms with Crippen molar-refractivity contribution in [3.8, 4) is 5.75 Å². The molecular weight excluding hydrogens is 201 g/mol. The van der Waals surface area contributed by atoms with Crippen LogP contribution in [-0.4, -0.2) is 23.7 Å². The van der Waals surface area contributed by atoms with Gasteiger partial charge in [-0.2, -0.15) is 0 Å². The summed E-state index contributed by atoms with van der Waals surface area (Å²) in [5, 5.41) is 8.70. The maximum Gasteiger partial charge on any atom is 0.346 e. The van der Waals surface area contributed by atoms with Gasteiger partial charge in [-0.05, 0) is 18.6 Å². The Balaban J connectivity index is 2.87. The second-order valence-electron chi connectivity index (χ2n) is 3.09. The van der Waals surface area contributed by atoms with Crippen molar-refractivity contribution in [2.45, 2.75) is 13.0 Å². The van der Waals surface area contributed by atoms with Gasteiger partial charge < -0.3 is 15.6 Å². The first-order chi connectivity index (χ1) is 7.04. The number of hydrogen-bond donors (Lipinski definition) is 2. The van der Waals surface area contributed by atoms with Gasteiger partial charge in [-0.1, -0.05) is 6.07 Å². The van der Waals surface area contributed by atoms with Crippen molar-refractivity contribution in [2.24, 2.45) is 5.73 Å². The summed E-state index contributed by atoms with van der Waals surface area (Å²) in [5.74, 6) is -1.44. The van der Waals surface area contributed by atoms with Crippen LogP contribution in [0.2, 0.25) is 0 Å². The molecule has 1 aromatic carbocycles. The van der Waals surface area contributed by atoms with Gasteiger partial charge in [0.05, 0.1) is 0 Å². The van der Waals surface area contributed by atoms with E-state index in [4.69, 9.17) is 15.6 Å². The largest absolute Gasteiger partial charge is 0.478 e. The highest BCUT2D eigenvalue weighted by Gasteiger charge is 2.18. The molecule has 0 heterocycles. The topological polar surface area (TPSA) is 72.5 Å². The van der Waals surface area contributed by atoms with E-state index in [0.29, 0.717) is 5.56 Å². The number of aliphatic carboxylic acids is 1. The molecule has 0 spiro atoms. The van der Waals surface area contributed by atoms with Crippen molar-refractivity contribution in [1.29, 1.82) is 0 Å². The highest BCUT2D eigenvalue weighted by Crippen LogP contribution is 2.19. The Hall–Kier alpha value is -1.62.